The number of aromatic nitrogens is 2. The van der Waals surface area contributed by atoms with Gasteiger partial charge in [-0.15, -0.1) is 0 Å². The van der Waals surface area contributed by atoms with Crippen LogP contribution in [0.1, 0.15) is 17.4 Å². The zero-order valence-electron chi connectivity index (χ0n) is 13.5. The van der Waals surface area contributed by atoms with Gasteiger partial charge in [-0.25, -0.2) is 19.2 Å². The summed E-state index contributed by atoms with van der Waals surface area (Å²) in [5.41, 5.74) is 0.152. The van der Waals surface area contributed by atoms with Crippen molar-refractivity contribution in [2.75, 3.05) is 13.7 Å². The van der Waals surface area contributed by atoms with Gasteiger partial charge in [-0.3, -0.25) is 4.79 Å². The predicted octanol–water partition coefficient (Wildman–Crippen LogP) is 1.19. The minimum Gasteiger partial charge on any atom is -0.494 e. The average Bonchev–Trinajstić information content (AvgIpc) is 2.85. The van der Waals surface area contributed by atoms with Crippen LogP contribution in [-0.4, -0.2) is 52.9 Å². The number of nitrogens with zero attached hydrogens (tertiary/aromatic N) is 2. The van der Waals surface area contributed by atoms with Crippen molar-refractivity contribution in [1.82, 2.24) is 15.3 Å². The maximum absolute atomic E-state index is 13.6. The van der Waals surface area contributed by atoms with Gasteiger partial charge in [-0.05, 0) is 12.1 Å². The topological polar surface area (TPSA) is 111 Å². The number of carboxylic acids is 1. The van der Waals surface area contributed by atoms with Crippen molar-refractivity contribution in [1.29, 1.82) is 0 Å². The van der Waals surface area contributed by atoms with E-state index in [9.17, 15) is 19.1 Å². The van der Waals surface area contributed by atoms with Gasteiger partial charge in [0.15, 0.2) is 17.6 Å². The molecule has 2 N–H and O–H groups in total. The molecule has 0 aromatic carbocycles. The van der Waals surface area contributed by atoms with Crippen LogP contribution in [-0.2, 0) is 4.79 Å². The lowest BCUT2D eigenvalue weighted by atomic mass is 10.0. The molecular formula is C16H16FN3O5. The highest BCUT2D eigenvalue weighted by atomic mass is 19.1. The first-order valence-electron chi connectivity index (χ1n) is 7.56. The minimum absolute atomic E-state index is 0.0302. The number of aromatic carboxylic acids is 1. The third kappa shape index (κ3) is 3.04. The summed E-state index contributed by atoms with van der Waals surface area (Å²) in [7, 11) is 1.34. The molecule has 8 nitrogen and oxygen atoms in total. The molecule has 2 aromatic heterocycles. The summed E-state index contributed by atoms with van der Waals surface area (Å²) in [5, 5.41) is 12.2. The van der Waals surface area contributed by atoms with Crippen molar-refractivity contribution in [3.63, 3.8) is 0 Å². The average molecular weight is 349 g/mol. The fourth-order valence-corrected chi connectivity index (χ4v) is 2.68. The molecule has 25 heavy (non-hydrogen) atoms. The van der Waals surface area contributed by atoms with Gasteiger partial charge in [0.1, 0.15) is 6.61 Å². The van der Waals surface area contributed by atoms with E-state index in [2.05, 4.69) is 15.3 Å². The summed E-state index contributed by atoms with van der Waals surface area (Å²) in [6, 6.07) is 2.54. The van der Waals surface area contributed by atoms with E-state index >= 15 is 0 Å². The van der Waals surface area contributed by atoms with E-state index in [-0.39, 0.29) is 23.9 Å². The van der Waals surface area contributed by atoms with Crippen LogP contribution in [0.15, 0.2) is 18.3 Å². The van der Waals surface area contributed by atoms with Crippen LogP contribution in [0.25, 0.3) is 10.9 Å². The summed E-state index contributed by atoms with van der Waals surface area (Å²) in [5.74, 6) is -2.11. The maximum Gasteiger partial charge on any atom is 0.358 e. The number of alkyl halides is 1. The molecular weight excluding hydrogens is 333 g/mol. The number of halogens is 1. The second-order valence-electron chi connectivity index (χ2n) is 5.71. The lowest BCUT2D eigenvalue weighted by Crippen LogP contribution is -2.34. The Morgan fingerprint density at radius 1 is 1.48 bits per heavy atom. The predicted molar refractivity (Wildman–Crippen MR) is 84.5 cm³/mol. The van der Waals surface area contributed by atoms with Crippen LogP contribution in [0.2, 0.25) is 0 Å². The summed E-state index contributed by atoms with van der Waals surface area (Å²) in [6.07, 6.45) is -0.133. The van der Waals surface area contributed by atoms with Gasteiger partial charge in [-0.1, -0.05) is 6.92 Å². The van der Waals surface area contributed by atoms with Crippen molar-refractivity contribution in [2.45, 2.75) is 19.1 Å². The minimum atomic E-state index is -1.56. The molecule has 1 fully saturated rings. The maximum atomic E-state index is 13.6. The quantitative estimate of drug-likeness (QED) is 0.834. The van der Waals surface area contributed by atoms with Crippen LogP contribution in [0.4, 0.5) is 4.39 Å². The molecule has 1 aliphatic heterocycles. The molecule has 0 spiro atoms. The largest absolute Gasteiger partial charge is 0.494 e. The first kappa shape index (κ1) is 16.9. The highest BCUT2D eigenvalue weighted by molar-refractivity contribution is 5.94. The van der Waals surface area contributed by atoms with E-state index in [0.29, 0.717) is 10.9 Å². The van der Waals surface area contributed by atoms with Crippen molar-refractivity contribution in [3.05, 3.63) is 24.0 Å². The molecule has 0 unspecified atom stereocenters. The number of ether oxygens (including phenoxy) is 2. The van der Waals surface area contributed by atoms with Gasteiger partial charge in [0.25, 0.3) is 5.91 Å². The number of carbonyl (C=O) groups is 2. The number of carboxylic acid groups (broad SMARTS) is 1. The van der Waals surface area contributed by atoms with Crippen molar-refractivity contribution in [3.8, 4) is 11.6 Å². The number of amides is 1. The van der Waals surface area contributed by atoms with Gasteiger partial charge in [0.05, 0.1) is 24.1 Å². The lowest BCUT2D eigenvalue weighted by molar-refractivity contribution is -0.123. The Hall–Kier alpha value is -2.97. The van der Waals surface area contributed by atoms with Crippen LogP contribution < -0.4 is 14.8 Å². The van der Waals surface area contributed by atoms with Gasteiger partial charge in [0.2, 0.25) is 5.88 Å². The van der Waals surface area contributed by atoms with Crippen LogP contribution in [0.3, 0.4) is 0 Å². The number of hydrogen-bond acceptors (Lipinski definition) is 6. The van der Waals surface area contributed by atoms with Crippen LogP contribution in [0, 0.1) is 5.92 Å². The van der Waals surface area contributed by atoms with Gasteiger partial charge >= 0.3 is 5.97 Å². The number of hydrogen-bond donors (Lipinski definition) is 2. The molecule has 3 rings (SSSR count). The molecule has 1 aliphatic rings. The number of nitrogens with one attached hydrogen (secondary N) is 1. The van der Waals surface area contributed by atoms with E-state index in [0.717, 1.165) is 0 Å². The molecule has 9 heteroatoms. The Bertz CT molecular complexity index is 844. The highest BCUT2D eigenvalue weighted by Gasteiger charge is 2.40. The summed E-state index contributed by atoms with van der Waals surface area (Å²) < 4.78 is 24.3. The molecule has 3 heterocycles. The second-order valence-corrected chi connectivity index (χ2v) is 5.71. The zero-order chi connectivity index (χ0) is 18.1. The van der Waals surface area contributed by atoms with E-state index in [1.54, 1.807) is 13.0 Å². The molecule has 2 aromatic rings. The fraction of sp³-hybridized carbons (Fsp3) is 0.375. The Balaban J connectivity index is 1.89. The van der Waals surface area contributed by atoms with Gasteiger partial charge in [0, 0.05) is 12.1 Å². The summed E-state index contributed by atoms with van der Waals surface area (Å²) in [6.45, 7) is 1.65. The monoisotopic (exact) mass is 349 g/mol. The van der Waals surface area contributed by atoms with Crippen molar-refractivity contribution in [2.24, 2.45) is 5.92 Å². The first-order valence-corrected chi connectivity index (χ1v) is 7.56. The number of rotatable bonds is 5. The Morgan fingerprint density at radius 3 is 2.84 bits per heavy atom. The number of pyridine rings is 2. The molecule has 1 amide bonds. The third-order valence-electron chi connectivity index (χ3n) is 4.17. The third-order valence-corrected chi connectivity index (χ3v) is 4.17. The number of fused-ring (bicyclic) bond motifs is 1. The summed E-state index contributed by atoms with van der Waals surface area (Å²) >= 11 is 0. The van der Waals surface area contributed by atoms with Gasteiger partial charge < -0.3 is 19.9 Å². The Morgan fingerprint density at radius 2 is 2.24 bits per heavy atom. The molecule has 3 atom stereocenters. The zero-order valence-corrected chi connectivity index (χ0v) is 13.5. The van der Waals surface area contributed by atoms with Crippen molar-refractivity contribution >= 4 is 22.8 Å². The number of methoxy groups -OCH3 is 1. The SMILES string of the molecule is COc1cc2c(OC[C@H]3NC(=O)[C@@H](F)[C@H]3C)nccc2nc1C(=O)O. The fourth-order valence-electron chi connectivity index (χ4n) is 2.68. The van der Waals surface area contributed by atoms with Gasteiger partial charge in [-0.2, -0.15) is 0 Å². The summed E-state index contributed by atoms with van der Waals surface area (Å²) in [4.78, 5) is 30.8. The van der Waals surface area contributed by atoms with Crippen LogP contribution >= 0.6 is 0 Å². The lowest BCUT2D eigenvalue weighted by Gasteiger charge is -2.16. The van der Waals surface area contributed by atoms with E-state index < -0.39 is 30.0 Å². The first-order chi connectivity index (χ1) is 11.9. The molecule has 0 radical (unpaired) electrons. The highest BCUT2D eigenvalue weighted by Crippen LogP contribution is 2.29. The normalized spacial score (nSPS) is 22.7. The van der Waals surface area contributed by atoms with E-state index in [1.165, 1.54) is 19.4 Å². The molecule has 0 bridgehead atoms. The molecule has 0 saturated carbocycles. The van der Waals surface area contributed by atoms with E-state index in [4.69, 9.17) is 9.47 Å². The number of carbonyl (C=O) groups excluding carboxylic acids is 1. The van der Waals surface area contributed by atoms with E-state index in [1.807, 2.05) is 0 Å². The second kappa shape index (κ2) is 6.50. The smallest absolute Gasteiger partial charge is 0.358 e. The Kier molecular flexibility index (Phi) is 4.39. The molecule has 1 saturated heterocycles. The van der Waals surface area contributed by atoms with Crippen molar-refractivity contribution < 1.29 is 28.6 Å². The van der Waals surface area contributed by atoms with Crippen LogP contribution in [0.5, 0.6) is 11.6 Å². The standard InChI is InChI=1S/C16H16FN3O5/c1-7-10(20-14(21)12(7)17)6-25-15-8-5-11(24-2)13(16(22)23)19-9(8)3-4-18-15/h3-5,7,10,12H,6H2,1-2H3,(H,20,21)(H,22,23)/t7-,10+,12-/m0/s1. The molecule has 0 aliphatic carbocycles. The molecule has 132 valence electrons. The Labute approximate surface area is 142 Å².